The van der Waals surface area contributed by atoms with Crippen molar-refractivity contribution in [2.75, 3.05) is 12.4 Å². The monoisotopic (exact) mass is 468 g/mol. The van der Waals surface area contributed by atoms with Crippen LogP contribution < -0.4 is 10.6 Å². The number of carbonyl (C=O) groups is 2. The van der Waals surface area contributed by atoms with E-state index in [4.69, 9.17) is 0 Å². The van der Waals surface area contributed by atoms with Gasteiger partial charge >= 0.3 is 12.3 Å². The lowest BCUT2D eigenvalue weighted by Crippen LogP contribution is -2.35. The first-order chi connectivity index (χ1) is 16.1. The molecule has 2 N–H and O–H groups in total. The summed E-state index contributed by atoms with van der Waals surface area (Å²) in [6.07, 6.45) is -3.61. The van der Waals surface area contributed by atoms with Gasteiger partial charge in [-0.1, -0.05) is 35.9 Å². The van der Waals surface area contributed by atoms with Crippen LogP contribution in [0.1, 0.15) is 32.6 Å². The second-order valence-electron chi connectivity index (χ2n) is 8.30. The topological polar surface area (TPSA) is 67.4 Å². The van der Waals surface area contributed by atoms with Gasteiger partial charge in [0.15, 0.2) is 0 Å². The summed E-state index contributed by atoms with van der Waals surface area (Å²) in [5.41, 5.74) is 4.24. The number of carbonyl (C=O) groups excluding carboxylic acids is 2. The summed E-state index contributed by atoms with van der Waals surface area (Å²) in [6.45, 7) is 1.84. The Bertz CT molecular complexity index is 1240. The molecule has 3 aromatic carbocycles. The lowest BCUT2D eigenvalue weighted by molar-refractivity contribution is -0.137. The Kier molecular flexibility index (Phi) is 6.32. The molecule has 8 heteroatoms. The zero-order valence-corrected chi connectivity index (χ0v) is 18.6. The number of alkyl halides is 3. The van der Waals surface area contributed by atoms with Crippen LogP contribution in [0.4, 0.5) is 23.7 Å². The summed E-state index contributed by atoms with van der Waals surface area (Å²) < 4.78 is 43.5. The quantitative estimate of drug-likeness (QED) is 0.512. The van der Waals surface area contributed by atoms with Gasteiger partial charge in [0.05, 0.1) is 12.7 Å². The molecule has 5 nitrogen and oxygen atoms in total. The Balaban J connectivity index is 1.55. The van der Waals surface area contributed by atoms with Crippen LogP contribution in [0, 0.1) is 6.92 Å². The van der Waals surface area contributed by atoms with Crippen molar-refractivity contribution in [2.45, 2.75) is 32.0 Å². The minimum atomic E-state index is -4.43. The molecular formula is C26H23F3N2O3. The molecule has 0 saturated carbocycles. The van der Waals surface area contributed by atoms with E-state index in [2.05, 4.69) is 15.4 Å². The van der Waals surface area contributed by atoms with Gasteiger partial charge in [-0.3, -0.25) is 4.79 Å². The molecule has 2 amide bonds. The summed E-state index contributed by atoms with van der Waals surface area (Å²) in [5.74, 6) is -0.360. The van der Waals surface area contributed by atoms with Crippen molar-refractivity contribution in [3.8, 4) is 11.1 Å². The average molecular weight is 468 g/mol. The number of hydrogen-bond donors (Lipinski definition) is 2. The molecule has 1 aliphatic carbocycles. The fourth-order valence-corrected chi connectivity index (χ4v) is 4.16. The number of benzene rings is 3. The Hall–Kier alpha value is -3.81. The van der Waals surface area contributed by atoms with Gasteiger partial charge in [0.2, 0.25) is 0 Å². The highest BCUT2D eigenvalue weighted by molar-refractivity contribution is 6.09. The SMILES string of the molecule is COC(=O)N[C@H]1Cc2ccc(NC(=O)c3cc(C)ccc3-c3ccc(C(F)(F)F)cc3)cc2C1. The van der Waals surface area contributed by atoms with Gasteiger partial charge in [-0.15, -0.1) is 0 Å². The largest absolute Gasteiger partial charge is 0.453 e. The summed E-state index contributed by atoms with van der Waals surface area (Å²) in [7, 11) is 1.31. The van der Waals surface area contributed by atoms with Crippen molar-refractivity contribution >= 4 is 17.7 Å². The summed E-state index contributed by atoms with van der Waals surface area (Å²) >= 11 is 0. The van der Waals surface area contributed by atoms with E-state index in [1.807, 2.05) is 25.1 Å². The summed E-state index contributed by atoms with van der Waals surface area (Å²) in [6, 6.07) is 15.5. The maximum absolute atomic E-state index is 13.2. The highest BCUT2D eigenvalue weighted by Crippen LogP contribution is 2.33. The predicted octanol–water partition coefficient (Wildman–Crippen LogP) is 5.76. The molecule has 0 fully saturated rings. The second-order valence-corrected chi connectivity index (χ2v) is 8.30. The predicted molar refractivity (Wildman–Crippen MR) is 123 cm³/mol. The Morgan fingerprint density at radius 1 is 0.941 bits per heavy atom. The van der Waals surface area contributed by atoms with E-state index < -0.39 is 17.8 Å². The average Bonchev–Trinajstić information content (AvgIpc) is 3.19. The van der Waals surface area contributed by atoms with Gasteiger partial charge in [-0.25, -0.2) is 4.79 Å². The number of halogens is 3. The van der Waals surface area contributed by atoms with Crippen LogP contribution in [0.25, 0.3) is 11.1 Å². The minimum Gasteiger partial charge on any atom is -0.453 e. The van der Waals surface area contributed by atoms with E-state index in [1.165, 1.54) is 19.2 Å². The van der Waals surface area contributed by atoms with Gasteiger partial charge in [-0.2, -0.15) is 13.2 Å². The molecule has 34 heavy (non-hydrogen) atoms. The van der Waals surface area contributed by atoms with Gasteiger partial charge in [0.25, 0.3) is 5.91 Å². The molecule has 1 atom stereocenters. The van der Waals surface area contributed by atoms with Crippen molar-refractivity contribution in [2.24, 2.45) is 0 Å². The van der Waals surface area contributed by atoms with E-state index in [-0.39, 0.29) is 11.9 Å². The van der Waals surface area contributed by atoms with Crippen LogP contribution in [-0.2, 0) is 23.8 Å². The summed E-state index contributed by atoms with van der Waals surface area (Å²) in [5, 5.41) is 5.68. The van der Waals surface area contributed by atoms with Crippen molar-refractivity contribution in [3.63, 3.8) is 0 Å². The van der Waals surface area contributed by atoms with E-state index in [0.717, 1.165) is 28.8 Å². The number of anilines is 1. The maximum Gasteiger partial charge on any atom is 0.416 e. The highest BCUT2D eigenvalue weighted by Gasteiger charge is 2.30. The molecule has 0 bridgehead atoms. The van der Waals surface area contributed by atoms with Crippen LogP contribution in [0.3, 0.4) is 0 Å². The highest BCUT2D eigenvalue weighted by atomic mass is 19.4. The lowest BCUT2D eigenvalue weighted by Gasteiger charge is -2.13. The van der Waals surface area contributed by atoms with Gasteiger partial charge in [-0.05, 0) is 72.4 Å². The van der Waals surface area contributed by atoms with Gasteiger partial charge in [0, 0.05) is 17.3 Å². The number of fused-ring (bicyclic) bond motifs is 1. The third-order valence-corrected chi connectivity index (χ3v) is 5.85. The van der Waals surface area contributed by atoms with Gasteiger partial charge in [0.1, 0.15) is 0 Å². The van der Waals surface area contributed by atoms with Gasteiger partial charge < -0.3 is 15.4 Å². The lowest BCUT2D eigenvalue weighted by atomic mass is 9.96. The molecule has 0 aliphatic heterocycles. The molecule has 0 unspecified atom stereocenters. The number of hydrogen-bond acceptors (Lipinski definition) is 3. The first-order valence-corrected chi connectivity index (χ1v) is 10.7. The van der Waals surface area contributed by atoms with Crippen LogP contribution in [0.5, 0.6) is 0 Å². The molecule has 0 radical (unpaired) electrons. The zero-order chi connectivity index (χ0) is 24.5. The Labute approximate surface area is 194 Å². The molecule has 176 valence electrons. The molecule has 3 aromatic rings. The van der Waals surface area contributed by atoms with Crippen LogP contribution >= 0.6 is 0 Å². The molecule has 1 aliphatic rings. The zero-order valence-electron chi connectivity index (χ0n) is 18.6. The standard InChI is InChI=1S/C26H23F3N2O3/c1-15-3-10-22(16-4-7-19(8-5-16)26(27,28)29)23(11-15)24(32)30-20-9-6-17-12-21(14-18(17)13-20)31-25(33)34-2/h3-11,13,21H,12,14H2,1-2H3,(H,30,32)(H,31,33)/t21-/m0/s1. The van der Waals surface area contributed by atoms with E-state index in [0.29, 0.717) is 35.2 Å². The molecular weight excluding hydrogens is 445 g/mol. The van der Waals surface area contributed by atoms with Crippen LogP contribution in [0.2, 0.25) is 0 Å². The molecule has 0 saturated heterocycles. The fourth-order valence-electron chi connectivity index (χ4n) is 4.16. The molecule has 4 rings (SSSR count). The molecule has 0 aromatic heterocycles. The third-order valence-electron chi connectivity index (χ3n) is 5.85. The van der Waals surface area contributed by atoms with E-state index in [9.17, 15) is 22.8 Å². The van der Waals surface area contributed by atoms with Crippen LogP contribution in [0.15, 0.2) is 60.7 Å². The number of alkyl carbamates (subject to hydrolysis) is 1. The van der Waals surface area contributed by atoms with Crippen molar-refractivity contribution < 1.29 is 27.5 Å². The number of ether oxygens (including phenoxy) is 1. The minimum absolute atomic E-state index is 0.0727. The first-order valence-electron chi connectivity index (χ1n) is 10.7. The maximum atomic E-state index is 13.2. The Morgan fingerprint density at radius 2 is 1.65 bits per heavy atom. The van der Waals surface area contributed by atoms with E-state index >= 15 is 0 Å². The number of rotatable bonds is 4. The van der Waals surface area contributed by atoms with Crippen LogP contribution in [-0.4, -0.2) is 25.2 Å². The number of aryl methyl sites for hydroxylation is 1. The smallest absolute Gasteiger partial charge is 0.416 e. The Morgan fingerprint density at radius 3 is 2.32 bits per heavy atom. The molecule has 0 heterocycles. The molecule has 0 spiro atoms. The first kappa shape index (κ1) is 23.4. The number of methoxy groups -OCH3 is 1. The fraction of sp³-hybridized carbons (Fsp3) is 0.231. The van der Waals surface area contributed by atoms with E-state index in [1.54, 1.807) is 18.2 Å². The second kappa shape index (κ2) is 9.21. The van der Waals surface area contributed by atoms with Crippen molar-refractivity contribution in [1.29, 1.82) is 0 Å². The normalized spacial score (nSPS) is 14.9. The third kappa shape index (κ3) is 5.06. The van der Waals surface area contributed by atoms with Crippen molar-refractivity contribution in [3.05, 3.63) is 88.5 Å². The van der Waals surface area contributed by atoms with Crippen molar-refractivity contribution in [1.82, 2.24) is 5.32 Å². The summed E-state index contributed by atoms with van der Waals surface area (Å²) in [4.78, 5) is 24.7. The number of amides is 2. The number of nitrogens with one attached hydrogen (secondary N) is 2.